The lowest BCUT2D eigenvalue weighted by molar-refractivity contribution is 0.310. The number of aromatic nitrogens is 3. The molecule has 0 fully saturated rings. The molecule has 3 aromatic rings. The van der Waals surface area contributed by atoms with Crippen LogP contribution in [-0.4, -0.2) is 34.8 Å². The fourth-order valence-corrected chi connectivity index (χ4v) is 2.78. The molecule has 6 nitrogen and oxygen atoms in total. The lowest BCUT2D eigenvalue weighted by Gasteiger charge is -2.11. The molecule has 0 unspecified atom stereocenters. The van der Waals surface area contributed by atoms with E-state index in [9.17, 15) is 0 Å². The third-order valence-electron chi connectivity index (χ3n) is 3.75. The Morgan fingerprint density at radius 1 is 1.19 bits per heavy atom. The first-order valence-electron chi connectivity index (χ1n) is 8.27. The smallest absolute Gasteiger partial charge is 0.216 e. The first-order chi connectivity index (χ1) is 12.7. The van der Waals surface area contributed by atoms with Gasteiger partial charge < -0.3 is 9.47 Å². The van der Waals surface area contributed by atoms with Crippen molar-refractivity contribution in [2.45, 2.75) is 13.3 Å². The third kappa shape index (κ3) is 4.00. The highest BCUT2D eigenvalue weighted by Crippen LogP contribution is 2.30. The number of nitrogens with zero attached hydrogens (tertiary/aromatic N) is 3. The van der Waals surface area contributed by atoms with E-state index in [0.717, 1.165) is 17.0 Å². The zero-order valence-electron chi connectivity index (χ0n) is 14.7. The molecule has 0 spiro atoms. The molecule has 0 saturated carbocycles. The van der Waals surface area contributed by atoms with E-state index in [1.54, 1.807) is 18.0 Å². The predicted octanol–water partition coefficient (Wildman–Crippen LogP) is 3.82. The number of aromatic amines is 1. The van der Waals surface area contributed by atoms with Crippen LogP contribution in [0, 0.1) is 4.77 Å². The van der Waals surface area contributed by atoms with Crippen LogP contribution >= 0.6 is 12.2 Å². The molecule has 0 aliphatic carbocycles. The minimum Gasteiger partial charge on any atom is -0.492 e. The van der Waals surface area contributed by atoms with Crippen molar-refractivity contribution in [2.24, 2.45) is 5.10 Å². The quantitative estimate of drug-likeness (QED) is 0.509. The maximum Gasteiger partial charge on any atom is 0.216 e. The molecular formula is C19H20N4O2S. The minimum atomic E-state index is 0.437. The zero-order valence-corrected chi connectivity index (χ0v) is 15.5. The van der Waals surface area contributed by atoms with Crippen molar-refractivity contribution >= 4 is 18.4 Å². The van der Waals surface area contributed by atoms with Crippen molar-refractivity contribution in [1.82, 2.24) is 14.9 Å². The standard InChI is InChI=1S/C19H20N4O2S/c1-3-25-16-11-7-10-15(18(16)24-2)13-20-23-17(21-22-19(23)26)12-14-8-5-4-6-9-14/h4-11,13H,3,12H2,1-2H3,(H,22,26)/b20-13-. The molecule has 0 atom stereocenters. The summed E-state index contributed by atoms with van der Waals surface area (Å²) in [5.74, 6) is 2.05. The van der Waals surface area contributed by atoms with Gasteiger partial charge in [-0.05, 0) is 36.8 Å². The van der Waals surface area contributed by atoms with Gasteiger partial charge in [-0.1, -0.05) is 36.4 Å². The first-order valence-corrected chi connectivity index (χ1v) is 8.68. The van der Waals surface area contributed by atoms with Crippen molar-refractivity contribution in [3.63, 3.8) is 0 Å². The average Bonchev–Trinajstić information content (AvgIpc) is 3.00. The van der Waals surface area contributed by atoms with E-state index < -0.39 is 0 Å². The fraction of sp³-hybridized carbons (Fsp3) is 0.211. The molecule has 1 N–H and O–H groups in total. The molecule has 0 amide bonds. The van der Waals surface area contributed by atoms with Crippen molar-refractivity contribution in [2.75, 3.05) is 13.7 Å². The van der Waals surface area contributed by atoms with Crippen molar-refractivity contribution in [3.05, 3.63) is 70.3 Å². The molecule has 7 heteroatoms. The van der Waals surface area contributed by atoms with E-state index in [4.69, 9.17) is 21.7 Å². The number of hydrogen-bond acceptors (Lipinski definition) is 5. The van der Waals surface area contributed by atoms with Gasteiger partial charge in [0.05, 0.1) is 19.9 Å². The summed E-state index contributed by atoms with van der Waals surface area (Å²) in [5, 5.41) is 11.6. The topological polar surface area (TPSA) is 64.4 Å². The number of rotatable bonds is 7. The van der Waals surface area contributed by atoms with E-state index in [1.807, 2.05) is 55.5 Å². The second-order valence-electron chi connectivity index (χ2n) is 5.48. The Labute approximate surface area is 157 Å². The van der Waals surface area contributed by atoms with Crippen LogP contribution in [0.25, 0.3) is 0 Å². The number of nitrogens with one attached hydrogen (secondary N) is 1. The predicted molar refractivity (Wildman–Crippen MR) is 104 cm³/mol. The van der Waals surface area contributed by atoms with Gasteiger partial charge in [0.1, 0.15) is 0 Å². The number of para-hydroxylation sites is 1. The van der Waals surface area contributed by atoms with E-state index in [2.05, 4.69) is 15.3 Å². The normalized spacial score (nSPS) is 11.0. The molecule has 134 valence electrons. The molecule has 0 saturated heterocycles. The van der Waals surface area contributed by atoms with Gasteiger partial charge >= 0.3 is 0 Å². The fourth-order valence-electron chi connectivity index (χ4n) is 2.58. The third-order valence-corrected chi connectivity index (χ3v) is 4.01. The highest BCUT2D eigenvalue weighted by atomic mass is 32.1. The lowest BCUT2D eigenvalue weighted by Crippen LogP contribution is -2.02. The largest absolute Gasteiger partial charge is 0.492 e. The Morgan fingerprint density at radius 2 is 2.00 bits per heavy atom. The molecule has 2 aromatic carbocycles. The summed E-state index contributed by atoms with van der Waals surface area (Å²) in [7, 11) is 1.61. The summed E-state index contributed by atoms with van der Waals surface area (Å²) in [6.45, 7) is 2.49. The van der Waals surface area contributed by atoms with Crippen LogP contribution in [0.2, 0.25) is 0 Å². The molecule has 0 aliphatic rings. The first kappa shape index (κ1) is 17.9. The SMILES string of the molecule is CCOc1cccc(/C=N\n2c(Cc3ccccc3)n[nH]c2=S)c1OC. The Morgan fingerprint density at radius 3 is 2.73 bits per heavy atom. The van der Waals surface area contributed by atoms with E-state index in [0.29, 0.717) is 29.3 Å². The zero-order chi connectivity index (χ0) is 18.4. The summed E-state index contributed by atoms with van der Waals surface area (Å²) >= 11 is 5.31. The highest BCUT2D eigenvalue weighted by molar-refractivity contribution is 7.71. The van der Waals surface area contributed by atoms with Gasteiger partial charge in [0.25, 0.3) is 0 Å². The maximum absolute atomic E-state index is 5.60. The van der Waals surface area contributed by atoms with Gasteiger partial charge in [0.2, 0.25) is 4.77 Å². The Hall–Kier alpha value is -2.93. The Bertz CT molecular complexity index is 948. The number of H-pyrrole nitrogens is 1. The van der Waals surface area contributed by atoms with Crippen LogP contribution in [0.4, 0.5) is 0 Å². The maximum atomic E-state index is 5.60. The van der Waals surface area contributed by atoms with Gasteiger partial charge in [-0.15, -0.1) is 0 Å². The van der Waals surface area contributed by atoms with Crippen molar-refractivity contribution in [3.8, 4) is 11.5 Å². The summed E-state index contributed by atoms with van der Waals surface area (Å²) in [6, 6.07) is 15.7. The molecule has 0 aliphatic heterocycles. The van der Waals surface area contributed by atoms with Gasteiger partial charge in [-0.25, -0.2) is 0 Å². The van der Waals surface area contributed by atoms with Crippen LogP contribution in [0.15, 0.2) is 53.6 Å². The van der Waals surface area contributed by atoms with Crippen LogP contribution in [-0.2, 0) is 6.42 Å². The average molecular weight is 368 g/mol. The van der Waals surface area contributed by atoms with Crippen molar-refractivity contribution < 1.29 is 9.47 Å². The van der Waals surface area contributed by atoms with Gasteiger partial charge in [-0.3, -0.25) is 5.10 Å². The highest BCUT2D eigenvalue weighted by Gasteiger charge is 2.10. The number of methoxy groups -OCH3 is 1. The summed E-state index contributed by atoms with van der Waals surface area (Å²) < 4.78 is 13.1. The number of ether oxygens (including phenoxy) is 2. The molecular weight excluding hydrogens is 348 g/mol. The summed E-state index contributed by atoms with van der Waals surface area (Å²) in [4.78, 5) is 0. The van der Waals surface area contributed by atoms with E-state index in [1.165, 1.54) is 0 Å². The lowest BCUT2D eigenvalue weighted by atomic mass is 10.1. The monoisotopic (exact) mass is 368 g/mol. The number of benzene rings is 2. The Kier molecular flexibility index (Phi) is 5.80. The number of hydrogen-bond donors (Lipinski definition) is 1. The van der Waals surface area contributed by atoms with Gasteiger partial charge in [0.15, 0.2) is 17.3 Å². The van der Waals surface area contributed by atoms with Crippen LogP contribution in [0.5, 0.6) is 11.5 Å². The van der Waals surface area contributed by atoms with E-state index in [-0.39, 0.29) is 0 Å². The molecule has 1 aromatic heterocycles. The second-order valence-corrected chi connectivity index (χ2v) is 5.86. The van der Waals surface area contributed by atoms with Crippen LogP contribution in [0.3, 0.4) is 0 Å². The Balaban J connectivity index is 1.91. The molecule has 3 rings (SSSR count). The van der Waals surface area contributed by atoms with Crippen LogP contribution in [0.1, 0.15) is 23.9 Å². The summed E-state index contributed by atoms with van der Waals surface area (Å²) in [6.07, 6.45) is 2.32. The van der Waals surface area contributed by atoms with Gasteiger partial charge in [0, 0.05) is 12.0 Å². The minimum absolute atomic E-state index is 0.437. The van der Waals surface area contributed by atoms with Crippen molar-refractivity contribution in [1.29, 1.82) is 0 Å². The molecule has 0 bridgehead atoms. The molecule has 26 heavy (non-hydrogen) atoms. The summed E-state index contributed by atoms with van der Waals surface area (Å²) in [5.41, 5.74) is 1.93. The van der Waals surface area contributed by atoms with Gasteiger partial charge in [-0.2, -0.15) is 14.9 Å². The molecule has 1 heterocycles. The second kappa shape index (κ2) is 8.44. The van der Waals surface area contributed by atoms with E-state index >= 15 is 0 Å². The van der Waals surface area contributed by atoms with Crippen LogP contribution < -0.4 is 9.47 Å². The molecule has 0 radical (unpaired) electrons.